The van der Waals surface area contributed by atoms with Crippen molar-refractivity contribution < 1.29 is 13.2 Å². The Morgan fingerprint density at radius 2 is 1.66 bits per heavy atom. The van der Waals surface area contributed by atoms with Gasteiger partial charge < -0.3 is 5.32 Å². The van der Waals surface area contributed by atoms with E-state index in [1.807, 2.05) is 24.3 Å². The molecule has 6 nitrogen and oxygen atoms in total. The molecule has 1 aliphatic carbocycles. The van der Waals surface area contributed by atoms with Crippen LogP contribution in [0.2, 0.25) is 0 Å². The first kappa shape index (κ1) is 17.8. The molecule has 0 saturated carbocycles. The van der Waals surface area contributed by atoms with Crippen LogP contribution in [0.25, 0.3) is 11.1 Å². The van der Waals surface area contributed by atoms with Crippen LogP contribution in [0, 0.1) is 0 Å². The van der Waals surface area contributed by atoms with Crippen LogP contribution in [0.3, 0.4) is 0 Å². The molecule has 0 bridgehead atoms. The van der Waals surface area contributed by atoms with Gasteiger partial charge in [0.15, 0.2) is 0 Å². The van der Waals surface area contributed by atoms with Gasteiger partial charge in [-0.1, -0.05) is 30.3 Å². The highest BCUT2D eigenvalue weighted by molar-refractivity contribution is 7.92. The standard InChI is InChI=1S/C22H19N3O3S/c26-22-23-11-12-25(22)18-6-8-19(9-7-18)29(27,28)24-17-5-10-21-16(14-17)13-15-3-1-2-4-20(15)21/h1-10,14,24H,11-13H2,(H,23,26). The van der Waals surface area contributed by atoms with E-state index in [0.717, 1.165) is 17.5 Å². The van der Waals surface area contributed by atoms with Crippen LogP contribution in [-0.2, 0) is 16.4 Å². The smallest absolute Gasteiger partial charge is 0.321 e. The average molecular weight is 405 g/mol. The molecule has 3 aromatic rings. The van der Waals surface area contributed by atoms with Crippen molar-refractivity contribution in [1.29, 1.82) is 0 Å². The lowest BCUT2D eigenvalue weighted by molar-refractivity contribution is 0.252. The number of anilines is 2. The van der Waals surface area contributed by atoms with Crippen LogP contribution in [0.1, 0.15) is 11.1 Å². The first-order valence-electron chi connectivity index (χ1n) is 9.41. The fraction of sp³-hybridized carbons (Fsp3) is 0.136. The number of carbonyl (C=O) groups excluding carboxylic acids is 1. The van der Waals surface area contributed by atoms with Crippen molar-refractivity contribution in [3.8, 4) is 11.1 Å². The summed E-state index contributed by atoms with van der Waals surface area (Å²) in [6.45, 7) is 1.16. The van der Waals surface area contributed by atoms with Crippen molar-refractivity contribution in [2.24, 2.45) is 0 Å². The van der Waals surface area contributed by atoms with E-state index in [1.165, 1.54) is 23.3 Å². The highest BCUT2D eigenvalue weighted by Gasteiger charge is 2.23. The number of nitrogens with zero attached hydrogens (tertiary/aromatic N) is 1. The number of benzene rings is 3. The molecule has 3 aromatic carbocycles. The highest BCUT2D eigenvalue weighted by atomic mass is 32.2. The number of nitrogens with one attached hydrogen (secondary N) is 2. The second-order valence-electron chi connectivity index (χ2n) is 7.19. The van der Waals surface area contributed by atoms with E-state index >= 15 is 0 Å². The molecule has 0 unspecified atom stereocenters. The lowest BCUT2D eigenvalue weighted by Crippen LogP contribution is -2.27. The molecule has 2 aliphatic rings. The summed E-state index contributed by atoms with van der Waals surface area (Å²) in [5.41, 5.74) is 5.94. The molecule has 1 saturated heterocycles. The summed E-state index contributed by atoms with van der Waals surface area (Å²) in [4.78, 5) is 13.5. The quantitative estimate of drug-likeness (QED) is 0.545. The SMILES string of the molecule is O=C1NCCN1c1ccc(S(=O)(=O)Nc2ccc3c(c2)Cc2ccccc2-3)cc1. The number of urea groups is 1. The molecule has 5 rings (SSSR count). The van der Waals surface area contributed by atoms with Crippen LogP contribution in [-0.4, -0.2) is 27.5 Å². The summed E-state index contributed by atoms with van der Waals surface area (Å²) >= 11 is 0. The first-order valence-corrected chi connectivity index (χ1v) is 10.9. The normalized spacial score (nSPS) is 15.0. The van der Waals surface area contributed by atoms with Gasteiger partial charge in [-0.25, -0.2) is 13.2 Å². The van der Waals surface area contributed by atoms with Gasteiger partial charge >= 0.3 is 6.03 Å². The number of fused-ring (bicyclic) bond motifs is 3. The monoisotopic (exact) mass is 405 g/mol. The van der Waals surface area contributed by atoms with Gasteiger partial charge in [0.05, 0.1) is 4.90 Å². The van der Waals surface area contributed by atoms with E-state index in [0.29, 0.717) is 24.5 Å². The van der Waals surface area contributed by atoms with E-state index in [9.17, 15) is 13.2 Å². The van der Waals surface area contributed by atoms with Crippen molar-refractivity contribution in [3.63, 3.8) is 0 Å². The third-order valence-corrected chi connectivity index (χ3v) is 6.76. The van der Waals surface area contributed by atoms with Crippen LogP contribution >= 0.6 is 0 Å². The van der Waals surface area contributed by atoms with E-state index < -0.39 is 10.0 Å². The van der Waals surface area contributed by atoms with Gasteiger partial charge in [0.2, 0.25) is 0 Å². The summed E-state index contributed by atoms with van der Waals surface area (Å²) in [6, 6.07) is 20.1. The maximum Gasteiger partial charge on any atom is 0.321 e. The van der Waals surface area contributed by atoms with Gasteiger partial charge in [-0.2, -0.15) is 0 Å². The number of amides is 2. The summed E-state index contributed by atoms with van der Waals surface area (Å²) < 4.78 is 28.3. The summed E-state index contributed by atoms with van der Waals surface area (Å²) in [5, 5.41) is 2.73. The van der Waals surface area contributed by atoms with Gasteiger partial charge in [0, 0.05) is 24.5 Å². The van der Waals surface area contributed by atoms with E-state index in [-0.39, 0.29) is 10.9 Å². The lowest BCUT2D eigenvalue weighted by atomic mass is 10.1. The Morgan fingerprint density at radius 3 is 2.41 bits per heavy atom. The third-order valence-electron chi connectivity index (χ3n) is 5.36. The molecule has 0 aromatic heterocycles. The van der Waals surface area contributed by atoms with Gasteiger partial charge in [0.1, 0.15) is 0 Å². The molecule has 0 atom stereocenters. The minimum atomic E-state index is -3.72. The van der Waals surface area contributed by atoms with Crippen LogP contribution in [0.4, 0.5) is 16.2 Å². The molecule has 146 valence electrons. The first-order chi connectivity index (χ1) is 14.0. The number of carbonyl (C=O) groups is 1. The minimum Gasteiger partial charge on any atom is -0.336 e. The summed E-state index contributed by atoms with van der Waals surface area (Å²) in [6.07, 6.45) is 0.799. The molecule has 0 radical (unpaired) electrons. The molecular formula is C22H19N3O3S. The van der Waals surface area contributed by atoms with E-state index in [4.69, 9.17) is 0 Å². The maximum atomic E-state index is 12.8. The fourth-order valence-electron chi connectivity index (χ4n) is 3.95. The van der Waals surface area contributed by atoms with E-state index in [1.54, 1.807) is 23.1 Å². The van der Waals surface area contributed by atoms with Crippen molar-refractivity contribution in [1.82, 2.24) is 5.32 Å². The Balaban J connectivity index is 1.38. The van der Waals surface area contributed by atoms with Crippen molar-refractivity contribution >= 4 is 27.4 Å². The number of sulfonamides is 1. The molecule has 1 fully saturated rings. The summed E-state index contributed by atoms with van der Waals surface area (Å²) in [5.74, 6) is 0. The van der Waals surface area contributed by atoms with Crippen LogP contribution in [0.5, 0.6) is 0 Å². The molecule has 1 heterocycles. The molecule has 0 spiro atoms. The Bertz CT molecular complexity index is 1220. The largest absolute Gasteiger partial charge is 0.336 e. The number of rotatable bonds is 4. The molecule has 7 heteroatoms. The predicted octanol–water partition coefficient (Wildman–Crippen LogP) is 3.59. The molecule has 29 heavy (non-hydrogen) atoms. The predicted molar refractivity (Wildman–Crippen MR) is 113 cm³/mol. The minimum absolute atomic E-state index is 0.157. The Labute approximate surface area is 169 Å². The zero-order valence-electron chi connectivity index (χ0n) is 15.6. The molecular weight excluding hydrogens is 386 g/mol. The second kappa shape index (κ2) is 6.63. The number of hydrogen-bond acceptors (Lipinski definition) is 3. The maximum absolute atomic E-state index is 12.8. The Kier molecular flexibility index (Phi) is 4.06. The van der Waals surface area contributed by atoms with Crippen molar-refractivity contribution in [2.45, 2.75) is 11.3 Å². The third kappa shape index (κ3) is 3.13. The van der Waals surface area contributed by atoms with Crippen LogP contribution in [0.15, 0.2) is 71.6 Å². The topological polar surface area (TPSA) is 78.5 Å². The highest BCUT2D eigenvalue weighted by Crippen LogP contribution is 2.37. The fourth-order valence-corrected chi connectivity index (χ4v) is 5.00. The van der Waals surface area contributed by atoms with Crippen molar-refractivity contribution in [2.75, 3.05) is 22.7 Å². The average Bonchev–Trinajstić information content (AvgIpc) is 3.30. The lowest BCUT2D eigenvalue weighted by Gasteiger charge is -2.15. The Hall–Kier alpha value is -3.32. The zero-order valence-corrected chi connectivity index (χ0v) is 16.4. The number of hydrogen-bond donors (Lipinski definition) is 2. The molecule has 1 aliphatic heterocycles. The molecule has 2 amide bonds. The van der Waals surface area contributed by atoms with Gasteiger partial charge in [0.25, 0.3) is 10.0 Å². The zero-order chi connectivity index (χ0) is 20.0. The summed E-state index contributed by atoms with van der Waals surface area (Å²) in [7, 11) is -3.72. The Morgan fingerprint density at radius 1 is 0.897 bits per heavy atom. The van der Waals surface area contributed by atoms with E-state index in [2.05, 4.69) is 22.2 Å². The van der Waals surface area contributed by atoms with Crippen LogP contribution < -0.4 is 14.9 Å². The van der Waals surface area contributed by atoms with Gasteiger partial charge in [-0.15, -0.1) is 0 Å². The van der Waals surface area contributed by atoms with Crippen molar-refractivity contribution in [3.05, 3.63) is 77.9 Å². The van der Waals surface area contributed by atoms with Gasteiger partial charge in [-0.3, -0.25) is 9.62 Å². The molecule has 2 N–H and O–H groups in total. The van der Waals surface area contributed by atoms with Gasteiger partial charge in [-0.05, 0) is 65.1 Å². The second-order valence-corrected chi connectivity index (χ2v) is 8.87.